The van der Waals surface area contributed by atoms with E-state index in [0.29, 0.717) is 12.0 Å². The molecule has 0 spiro atoms. The SMILES string of the molecule is CON1[C@H]2C[C@@H](C(=O)N3NC(C)(C)CC3=O)[C@@H]1c1ccccc1[C@@H]2OC(=O)c1ccc(Br)cc1. The van der Waals surface area contributed by atoms with Crippen LogP contribution in [-0.4, -0.2) is 46.5 Å². The zero-order valence-corrected chi connectivity index (χ0v) is 20.7. The molecule has 5 rings (SSSR count). The van der Waals surface area contributed by atoms with Gasteiger partial charge in [0.25, 0.3) is 0 Å². The number of hydrazine groups is 1. The van der Waals surface area contributed by atoms with Crippen LogP contribution in [0.15, 0.2) is 53.0 Å². The Labute approximate surface area is 206 Å². The smallest absolute Gasteiger partial charge is 0.338 e. The predicted octanol–water partition coefficient (Wildman–Crippen LogP) is 3.70. The summed E-state index contributed by atoms with van der Waals surface area (Å²) in [5, 5.41) is 2.90. The number of hydroxylamine groups is 2. The minimum absolute atomic E-state index is 0.244. The largest absolute Gasteiger partial charge is 0.452 e. The van der Waals surface area contributed by atoms with Crippen molar-refractivity contribution in [2.75, 3.05) is 7.11 Å². The number of rotatable bonds is 4. The summed E-state index contributed by atoms with van der Waals surface area (Å²) in [4.78, 5) is 44.9. The molecule has 3 aliphatic rings. The number of esters is 1. The van der Waals surface area contributed by atoms with Crippen molar-refractivity contribution in [1.29, 1.82) is 0 Å². The Morgan fingerprint density at radius 3 is 2.38 bits per heavy atom. The molecular weight excluding hydrogens is 502 g/mol. The van der Waals surface area contributed by atoms with Gasteiger partial charge < -0.3 is 9.57 Å². The lowest BCUT2D eigenvalue weighted by Crippen LogP contribution is -2.49. The second kappa shape index (κ2) is 8.57. The van der Waals surface area contributed by atoms with Gasteiger partial charge in [-0.05, 0) is 55.7 Å². The number of halogens is 1. The van der Waals surface area contributed by atoms with E-state index >= 15 is 0 Å². The van der Waals surface area contributed by atoms with Crippen molar-refractivity contribution < 1.29 is 24.0 Å². The van der Waals surface area contributed by atoms with Crippen LogP contribution in [0, 0.1) is 5.92 Å². The third-order valence-corrected chi connectivity index (χ3v) is 7.30. The molecule has 4 atom stereocenters. The van der Waals surface area contributed by atoms with Gasteiger partial charge in [-0.15, -0.1) is 0 Å². The summed E-state index contributed by atoms with van der Waals surface area (Å²) in [6.07, 6.45) is 0.00772. The van der Waals surface area contributed by atoms with E-state index in [2.05, 4.69) is 21.4 Å². The molecule has 1 N–H and O–H groups in total. The van der Waals surface area contributed by atoms with Gasteiger partial charge in [0.05, 0.1) is 30.7 Å². The highest BCUT2D eigenvalue weighted by molar-refractivity contribution is 9.10. The van der Waals surface area contributed by atoms with Crippen LogP contribution < -0.4 is 5.43 Å². The Balaban J connectivity index is 1.48. The van der Waals surface area contributed by atoms with Crippen molar-refractivity contribution in [3.8, 4) is 0 Å². The van der Waals surface area contributed by atoms with Crippen LogP contribution in [0.4, 0.5) is 0 Å². The van der Waals surface area contributed by atoms with Crippen molar-refractivity contribution >= 4 is 33.7 Å². The number of amides is 2. The highest BCUT2D eigenvalue weighted by Gasteiger charge is 2.57. The molecule has 0 unspecified atom stereocenters. The summed E-state index contributed by atoms with van der Waals surface area (Å²) >= 11 is 3.38. The van der Waals surface area contributed by atoms with Crippen molar-refractivity contribution in [3.05, 3.63) is 69.7 Å². The zero-order valence-electron chi connectivity index (χ0n) is 19.2. The molecule has 2 amide bonds. The molecule has 2 bridgehead atoms. The fourth-order valence-electron chi connectivity index (χ4n) is 5.34. The maximum Gasteiger partial charge on any atom is 0.338 e. The molecule has 2 aromatic carbocycles. The van der Waals surface area contributed by atoms with Gasteiger partial charge in [0.2, 0.25) is 11.8 Å². The summed E-state index contributed by atoms with van der Waals surface area (Å²) in [5.41, 5.74) is 4.71. The zero-order chi connectivity index (χ0) is 24.2. The molecule has 2 aromatic rings. The lowest BCUT2D eigenvalue weighted by Gasteiger charge is -2.39. The van der Waals surface area contributed by atoms with Gasteiger partial charge in [0.1, 0.15) is 6.10 Å². The van der Waals surface area contributed by atoms with Crippen LogP contribution in [0.5, 0.6) is 0 Å². The molecule has 0 aromatic heterocycles. The number of benzene rings is 2. The monoisotopic (exact) mass is 527 g/mol. The molecule has 178 valence electrons. The molecule has 2 saturated heterocycles. The van der Waals surface area contributed by atoms with Gasteiger partial charge in [-0.3, -0.25) is 9.59 Å². The summed E-state index contributed by atoms with van der Waals surface area (Å²) in [6.45, 7) is 3.78. The van der Waals surface area contributed by atoms with E-state index in [1.807, 2.05) is 38.1 Å². The average Bonchev–Trinajstić information content (AvgIpc) is 3.28. The van der Waals surface area contributed by atoms with Gasteiger partial charge in [0, 0.05) is 16.4 Å². The number of fused-ring (bicyclic) bond motifs is 4. The Morgan fingerprint density at radius 1 is 1.09 bits per heavy atom. The number of nitrogens with zero attached hydrogens (tertiary/aromatic N) is 2. The van der Waals surface area contributed by atoms with E-state index in [0.717, 1.165) is 20.6 Å². The van der Waals surface area contributed by atoms with Crippen LogP contribution in [0.3, 0.4) is 0 Å². The minimum atomic E-state index is -0.625. The third-order valence-electron chi connectivity index (χ3n) is 6.77. The van der Waals surface area contributed by atoms with Crippen molar-refractivity contribution in [2.45, 2.75) is 50.4 Å². The van der Waals surface area contributed by atoms with Gasteiger partial charge in [-0.2, -0.15) is 5.06 Å². The lowest BCUT2D eigenvalue weighted by atomic mass is 9.89. The van der Waals surface area contributed by atoms with Gasteiger partial charge in [-0.1, -0.05) is 40.2 Å². The standard InChI is InChI=1S/C25H26BrN3O5/c1-25(2)13-20(30)28(27-25)23(31)18-12-19-22(34-24(32)14-8-10-15(26)11-9-14)17-7-5-4-6-16(17)21(18)29(19)33-3/h4-11,18-19,21-22,27H,12-13H2,1-3H3/t18-,19+,21+,22+/m1/s1. The van der Waals surface area contributed by atoms with E-state index in [1.165, 1.54) is 0 Å². The van der Waals surface area contributed by atoms with Gasteiger partial charge >= 0.3 is 5.97 Å². The highest BCUT2D eigenvalue weighted by Crippen LogP contribution is 2.53. The molecule has 8 nitrogen and oxygen atoms in total. The summed E-state index contributed by atoms with van der Waals surface area (Å²) in [6, 6.07) is 13.9. The minimum Gasteiger partial charge on any atom is -0.452 e. The second-order valence-corrected chi connectivity index (χ2v) is 10.5. The van der Waals surface area contributed by atoms with Crippen LogP contribution in [0.2, 0.25) is 0 Å². The highest BCUT2D eigenvalue weighted by atomic mass is 79.9. The number of imide groups is 1. The Bertz CT molecular complexity index is 1150. The second-order valence-electron chi connectivity index (χ2n) is 9.60. The van der Waals surface area contributed by atoms with E-state index in [1.54, 1.807) is 36.4 Å². The predicted molar refractivity (Wildman–Crippen MR) is 126 cm³/mol. The van der Waals surface area contributed by atoms with Gasteiger partial charge in [-0.25, -0.2) is 15.2 Å². The maximum absolute atomic E-state index is 13.6. The van der Waals surface area contributed by atoms with Crippen LogP contribution in [-0.2, 0) is 19.2 Å². The van der Waals surface area contributed by atoms with E-state index in [9.17, 15) is 14.4 Å². The van der Waals surface area contributed by atoms with Crippen molar-refractivity contribution in [3.63, 3.8) is 0 Å². The number of carbonyl (C=O) groups excluding carboxylic acids is 3. The first-order valence-electron chi connectivity index (χ1n) is 11.2. The van der Waals surface area contributed by atoms with E-state index in [4.69, 9.17) is 9.57 Å². The van der Waals surface area contributed by atoms with Crippen LogP contribution >= 0.6 is 15.9 Å². The lowest BCUT2D eigenvalue weighted by molar-refractivity contribution is -0.201. The third kappa shape index (κ3) is 3.86. The van der Waals surface area contributed by atoms with Gasteiger partial charge in [0.15, 0.2) is 0 Å². The molecule has 9 heteroatoms. The molecular formula is C25H26BrN3O5. The van der Waals surface area contributed by atoms with E-state index < -0.39 is 23.5 Å². The van der Waals surface area contributed by atoms with E-state index in [-0.39, 0.29) is 30.3 Å². The Kier molecular flexibility index (Phi) is 5.84. The molecule has 2 fully saturated rings. The molecule has 34 heavy (non-hydrogen) atoms. The first-order valence-corrected chi connectivity index (χ1v) is 12.0. The average molecular weight is 528 g/mol. The van der Waals surface area contributed by atoms with Crippen LogP contribution in [0.25, 0.3) is 0 Å². The van der Waals surface area contributed by atoms with Crippen LogP contribution in [0.1, 0.15) is 60.3 Å². The number of hydrogen-bond donors (Lipinski definition) is 1. The summed E-state index contributed by atoms with van der Waals surface area (Å²) in [7, 11) is 1.55. The van der Waals surface area contributed by atoms with Crippen molar-refractivity contribution in [1.82, 2.24) is 15.5 Å². The molecule has 0 saturated carbocycles. The summed E-state index contributed by atoms with van der Waals surface area (Å²) < 4.78 is 6.90. The fraction of sp³-hybridized carbons (Fsp3) is 0.400. The molecule has 0 radical (unpaired) electrons. The number of nitrogens with one attached hydrogen (secondary N) is 1. The normalized spacial score (nSPS) is 27.5. The summed E-state index contributed by atoms with van der Waals surface area (Å²) in [5.74, 6) is -1.52. The molecule has 3 heterocycles. The number of hydrogen-bond acceptors (Lipinski definition) is 7. The molecule has 3 aliphatic heterocycles. The maximum atomic E-state index is 13.6. The molecule has 0 aliphatic carbocycles. The Morgan fingerprint density at radius 2 is 1.76 bits per heavy atom. The fourth-order valence-corrected chi connectivity index (χ4v) is 5.60. The number of ether oxygens (including phenoxy) is 1. The quantitative estimate of drug-likeness (QED) is 0.479. The Hall–Kier alpha value is -2.59. The first-order chi connectivity index (χ1) is 16.2. The number of carbonyl (C=O) groups is 3. The van der Waals surface area contributed by atoms with Crippen molar-refractivity contribution in [2.24, 2.45) is 5.92 Å². The topological polar surface area (TPSA) is 88.2 Å². The first kappa shape index (κ1) is 23.2.